The van der Waals surface area contributed by atoms with Crippen LogP contribution in [0.3, 0.4) is 0 Å². The predicted octanol–water partition coefficient (Wildman–Crippen LogP) is 2.39. The third-order valence-corrected chi connectivity index (χ3v) is 5.20. The SMILES string of the molecule is CC(OC(=O)c1cccc(S(=O)(=O)NCc2ccccc2)c1)C(=O)NCC(F)(F)F. The molecule has 0 bridgehead atoms. The van der Waals surface area contributed by atoms with E-state index in [0.29, 0.717) is 0 Å². The van der Waals surface area contributed by atoms with Crippen molar-refractivity contribution in [2.75, 3.05) is 6.54 Å². The molecule has 7 nitrogen and oxygen atoms in total. The van der Waals surface area contributed by atoms with Crippen LogP contribution in [0.4, 0.5) is 13.2 Å². The van der Waals surface area contributed by atoms with Gasteiger partial charge in [-0.2, -0.15) is 13.2 Å². The summed E-state index contributed by atoms with van der Waals surface area (Å²) in [6.07, 6.45) is -6.11. The van der Waals surface area contributed by atoms with Crippen molar-refractivity contribution in [2.45, 2.75) is 30.6 Å². The van der Waals surface area contributed by atoms with Crippen LogP contribution < -0.4 is 10.0 Å². The molecule has 2 aromatic rings. The van der Waals surface area contributed by atoms with Crippen LogP contribution in [0.15, 0.2) is 59.5 Å². The van der Waals surface area contributed by atoms with Crippen molar-refractivity contribution >= 4 is 21.9 Å². The molecule has 162 valence electrons. The molecule has 1 unspecified atom stereocenters. The van der Waals surface area contributed by atoms with Gasteiger partial charge in [0.05, 0.1) is 10.5 Å². The van der Waals surface area contributed by atoms with Gasteiger partial charge >= 0.3 is 12.1 Å². The van der Waals surface area contributed by atoms with Crippen molar-refractivity contribution in [3.05, 3.63) is 65.7 Å². The Kier molecular flexibility index (Phi) is 7.57. The summed E-state index contributed by atoms with van der Waals surface area (Å²) in [5.74, 6) is -2.18. The second kappa shape index (κ2) is 9.72. The van der Waals surface area contributed by atoms with Gasteiger partial charge in [-0.25, -0.2) is 17.9 Å². The fraction of sp³-hybridized carbons (Fsp3) is 0.263. The van der Waals surface area contributed by atoms with Crippen LogP contribution in [0, 0.1) is 0 Å². The van der Waals surface area contributed by atoms with Crippen LogP contribution in [0.2, 0.25) is 0 Å². The van der Waals surface area contributed by atoms with E-state index in [0.717, 1.165) is 18.6 Å². The summed E-state index contributed by atoms with van der Waals surface area (Å²) in [5.41, 5.74) is 0.559. The second-order valence-corrected chi connectivity index (χ2v) is 7.99. The van der Waals surface area contributed by atoms with Crippen molar-refractivity contribution in [3.63, 3.8) is 0 Å². The van der Waals surface area contributed by atoms with E-state index >= 15 is 0 Å². The molecule has 1 amide bonds. The molecule has 0 aliphatic carbocycles. The zero-order valence-electron chi connectivity index (χ0n) is 15.8. The van der Waals surface area contributed by atoms with Crippen LogP contribution >= 0.6 is 0 Å². The van der Waals surface area contributed by atoms with E-state index in [1.807, 2.05) is 0 Å². The van der Waals surface area contributed by atoms with E-state index < -0.39 is 40.7 Å². The maximum Gasteiger partial charge on any atom is 0.405 e. The van der Waals surface area contributed by atoms with E-state index in [-0.39, 0.29) is 17.0 Å². The molecule has 2 rings (SSSR count). The smallest absolute Gasteiger partial charge is 0.405 e. The molecule has 0 aliphatic heterocycles. The Morgan fingerprint density at radius 2 is 1.73 bits per heavy atom. The van der Waals surface area contributed by atoms with Gasteiger partial charge in [-0.15, -0.1) is 0 Å². The molecule has 0 heterocycles. The summed E-state index contributed by atoms with van der Waals surface area (Å²) in [7, 11) is -3.95. The van der Waals surface area contributed by atoms with Crippen molar-refractivity contribution in [3.8, 4) is 0 Å². The number of esters is 1. The normalized spacial score (nSPS) is 12.8. The van der Waals surface area contributed by atoms with Gasteiger partial charge in [0.25, 0.3) is 5.91 Å². The highest BCUT2D eigenvalue weighted by Crippen LogP contribution is 2.15. The van der Waals surface area contributed by atoms with Crippen LogP contribution in [-0.4, -0.2) is 39.1 Å². The topological polar surface area (TPSA) is 102 Å². The van der Waals surface area contributed by atoms with E-state index in [9.17, 15) is 31.2 Å². The molecular formula is C19H19F3N2O5S. The van der Waals surface area contributed by atoms with Gasteiger partial charge in [0.15, 0.2) is 6.10 Å². The molecular weight excluding hydrogens is 425 g/mol. The summed E-state index contributed by atoms with van der Waals surface area (Å²) >= 11 is 0. The number of rotatable bonds is 8. The van der Waals surface area contributed by atoms with E-state index in [1.165, 1.54) is 18.2 Å². The zero-order valence-corrected chi connectivity index (χ0v) is 16.6. The van der Waals surface area contributed by atoms with E-state index in [4.69, 9.17) is 4.74 Å². The van der Waals surface area contributed by atoms with Crippen molar-refractivity contribution in [1.29, 1.82) is 0 Å². The first kappa shape index (κ1) is 23.4. The van der Waals surface area contributed by atoms with Crippen LogP contribution in [0.1, 0.15) is 22.8 Å². The fourth-order valence-corrected chi connectivity index (χ4v) is 3.32. The minimum absolute atomic E-state index is 0.0360. The monoisotopic (exact) mass is 444 g/mol. The number of halogens is 3. The molecule has 11 heteroatoms. The Bertz CT molecular complexity index is 995. The molecule has 2 N–H and O–H groups in total. The number of carbonyl (C=O) groups is 2. The molecule has 2 aromatic carbocycles. The van der Waals surface area contributed by atoms with E-state index in [1.54, 1.807) is 35.6 Å². The average Bonchev–Trinajstić information content (AvgIpc) is 2.70. The standard InChI is InChI=1S/C19H19F3N2O5S/c1-13(17(25)23-12-19(20,21)22)29-18(26)15-8-5-9-16(10-15)30(27,28)24-11-14-6-3-2-4-7-14/h2-10,13,24H,11-12H2,1H3,(H,23,25). The number of alkyl halides is 3. The molecule has 0 saturated carbocycles. The molecule has 0 radical (unpaired) electrons. The van der Waals surface area contributed by atoms with Gasteiger partial charge in [-0.1, -0.05) is 36.4 Å². The molecule has 0 saturated heterocycles. The van der Waals surface area contributed by atoms with Crippen molar-refractivity contribution < 1.29 is 35.9 Å². The first-order chi connectivity index (χ1) is 14.0. The maximum absolute atomic E-state index is 12.5. The van der Waals surface area contributed by atoms with Gasteiger partial charge in [-0.05, 0) is 30.7 Å². The van der Waals surface area contributed by atoms with Crippen LogP contribution in [0.25, 0.3) is 0 Å². The minimum Gasteiger partial charge on any atom is -0.449 e. The van der Waals surface area contributed by atoms with Gasteiger partial charge in [0.2, 0.25) is 10.0 Å². The quantitative estimate of drug-likeness (QED) is 0.609. The number of nitrogens with one attached hydrogen (secondary N) is 2. The summed E-state index contributed by atoms with van der Waals surface area (Å²) < 4.78 is 68.6. The maximum atomic E-state index is 12.5. The molecule has 0 aliphatic rings. The molecule has 1 atom stereocenters. The molecule has 30 heavy (non-hydrogen) atoms. The lowest BCUT2D eigenvalue weighted by atomic mass is 10.2. The summed E-state index contributed by atoms with van der Waals surface area (Å²) in [6, 6.07) is 13.7. The van der Waals surface area contributed by atoms with Crippen molar-refractivity contribution in [1.82, 2.24) is 10.0 Å². The number of sulfonamides is 1. The van der Waals surface area contributed by atoms with Gasteiger partial charge < -0.3 is 10.1 Å². The minimum atomic E-state index is -4.60. The number of hydrogen-bond donors (Lipinski definition) is 2. The molecule has 0 spiro atoms. The highest BCUT2D eigenvalue weighted by atomic mass is 32.2. The first-order valence-corrected chi connectivity index (χ1v) is 10.2. The third kappa shape index (κ3) is 7.16. The highest BCUT2D eigenvalue weighted by molar-refractivity contribution is 7.89. The van der Waals surface area contributed by atoms with Crippen molar-refractivity contribution in [2.24, 2.45) is 0 Å². The number of ether oxygens (including phenoxy) is 1. The second-order valence-electron chi connectivity index (χ2n) is 6.22. The van der Waals surface area contributed by atoms with Gasteiger partial charge in [0.1, 0.15) is 6.54 Å². The van der Waals surface area contributed by atoms with E-state index in [2.05, 4.69) is 4.72 Å². The van der Waals surface area contributed by atoms with Gasteiger partial charge in [-0.3, -0.25) is 4.79 Å². The first-order valence-electron chi connectivity index (χ1n) is 8.67. The zero-order chi connectivity index (χ0) is 22.4. The van der Waals surface area contributed by atoms with Crippen LogP contribution in [0.5, 0.6) is 0 Å². The van der Waals surface area contributed by atoms with Gasteiger partial charge in [0, 0.05) is 6.54 Å². The molecule has 0 fully saturated rings. The summed E-state index contributed by atoms with van der Waals surface area (Å²) in [6.45, 7) is -0.422. The third-order valence-electron chi connectivity index (χ3n) is 3.81. The Hall–Kier alpha value is -2.92. The number of benzene rings is 2. The highest BCUT2D eigenvalue weighted by Gasteiger charge is 2.29. The Balaban J connectivity index is 2.03. The fourth-order valence-electron chi connectivity index (χ4n) is 2.26. The number of amides is 1. The Morgan fingerprint density at radius 3 is 2.37 bits per heavy atom. The summed E-state index contributed by atoms with van der Waals surface area (Å²) in [4.78, 5) is 23.6. The predicted molar refractivity (Wildman–Crippen MR) is 101 cm³/mol. The Labute approximate surface area is 171 Å². The van der Waals surface area contributed by atoms with Crippen LogP contribution in [-0.2, 0) is 26.1 Å². The lowest BCUT2D eigenvalue weighted by Gasteiger charge is -2.15. The average molecular weight is 444 g/mol. The largest absolute Gasteiger partial charge is 0.449 e. The lowest BCUT2D eigenvalue weighted by Crippen LogP contribution is -2.40. The molecule has 0 aromatic heterocycles. The number of carbonyl (C=O) groups excluding carboxylic acids is 2. The summed E-state index contributed by atoms with van der Waals surface area (Å²) in [5, 5.41) is 1.60. The lowest BCUT2D eigenvalue weighted by molar-refractivity contribution is -0.143. The Morgan fingerprint density at radius 1 is 1.07 bits per heavy atom. The number of hydrogen-bond acceptors (Lipinski definition) is 5.